The van der Waals surface area contributed by atoms with Crippen molar-refractivity contribution in [2.45, 2.75) is 19.9 Å². The first kappa shape index (κ1) is 5.63. The molecule has 1 heterocycles. The van der Waals surface area contributed by atoms with Crippen molar-refractivity contribution in [1.82, 2.24) is 10.9 Å². The predicted molar refractivity (Wildman–Crippen MR) is 33.8 cm³/mol. The summed E-state index contributed by atoms with van der Waals surface area (Å²) in [6.07, 6.45) is 4.19. The second-order valence-electron chi connectivity index (χ2n) is 2.10. The Labute approximate surface area is 49.9 Å². The Morgan fingerprint density at radius 2 is 2.38 bits per heavy atom. The molecule has 2 nitrogen and oxygen atoms in total. The van der Waals surface area contributed by atoms with Crippen molar-refractivity contribution >= 4 is 0 Å². The monoisotopic (exact) mass is 111 g/mol. The summed E-state index contributed by atoms with van der Waals surface area (Å²) in [5, 5.41) is 0. The molecule has 0 saturated heterocycles. The van der Waals surface area contributed by atoms with Crippen LogP contribution in [0.4, 0.5) is 0 Å². The first-order chi connectivity index (χ1) is 3.79. The summed E-state index contributed by atoms with van der Waals surface area (Å²) in [5.74, 6) is 0. The molecule has 0 aromatic rings. The molecule has 0 spiro atoms. The van der Waals surface area contributed by atoms with Crippen LogP contribution in [0.1, 0.15) is 13.8 Å². The SMILES string of the molecule is CC1=C[CH]C(C)NN1. The third-order valence-electron chi connectivity index (χ3n) is 1.13. The summed E-state index contributed by atoms with van der Waals surface area (Å²) in [4.78, 5) is 0. The summed E-state index contributed by atoms with van der Waals surface area (Å²) < 4.78 is 0. The van der Waals surface area contributed by atoms with Gasteiger partial charge in [-0.3, -0.25) is 0 Å². The first-order valence-corrected chi connectivity index (χ1v) is 2.82. The van der Waals surface area contributed by atoms with E-state index in [0.29, 0.717) is 6.04 Å². The molecule has 8 heavy (non-hydrogen) atoms. The van der Waals surface area contributed by atoms with Crippen LogP contribution < -0.4 is 10.9 Å². The molecule has 0 fully saturated rings. The fraction of sp³-hybridized carbons (Fsp3) is 0.500. The average Bonchev–Trinajstić information content (AvgIpc) is 1.77. The van der Waals surface area contributed by atoms with Crippen molar-refractivity contribution in [3.05, 3.63) is 18.2 Å². The van der Waals surface area contributed by atoms with Crippen LogP contribution in [0.3, 0.4) is 0 Å². The second kappa shape index (κ2) is 2.18. The van der Waals surface area contributed by atoms with Crippen LogP contribution >= 0.6 is 0 Å². The summed E-state index contributed by atoms with van der Waals surface area (Å²) in [6.45, 7) is 4.12. The van der Waals surface area contributed by atoms with Gasteiger partial charge in [-0.2, -0.15) is 0 Å². The third-order valence-corrected chi connectivity index (χ3v) is 1.13. The summed E-state index contributed by atoms with van der Waals surface area (Å²) in [6, 6.07) is 0.457. The smallest absolute Gasteiger partial charge is 0.0301 e. The zero-order valence-electron chi connectivity index (χ0n) is 5.23. The quantitative estimate of drug-likeness (QED) is 0.478. The van der Waals surface area contributed by atoms with Gasteiger partial charge in [-0.15, -0.1) is 0 Å². The highest BCUT2D eigenvalue weighted by atomic mass is 15.4. The molecule has 0 aromatic heterocycles. The molecular formula is C6H11N2. The number of rotatable bonds is 0. The largest absolute Gasteiger partial charge is 0.326 e. The Kier molecular flexibility index (Phi) is 1.53. The molecule has 45 valence electrons. The van der Waals surface area contributed by atoms with Gasteiger partial charge < -0.3 is 5.43 Å². The molecule has 0 amide bonds. The second-order valence-corrected chi connectivity index (χ2v) is 2.10. The van der Waals surface area contributed by atoms with Crippen LogP contribution in [0.15, 0.2) is 11.8 Å². The van der Waals surface area contributed by atoms with Gasteiger partial charge in [0.05, 0.1) is 0 Å². The first-order valence-electron chi connectivity index (χ1n) is 2.82. The highest BCUT2D eigenvalue weighted by molar-refractivity contribution is 5.10. The molecule has 1 atom stereocenters. The van der Waals surface area contributed by atoms with E-state index in [0.717, 1.165) is 0 Å². The molecule has 0 bridgehead atoms. The number of allylic oxidation sites excluding steroid dienone is 1. The third kappa shape index (κ3) is 1.23. The minimum absolute atomic E-state index is 0.457. The number of hydrogen-bond acceptors (Lipinski definition) is 2. The topological polar surface area (TPSA) is 24.1 Å². The van der Waals surface area contributed by atoms with Gasteiger partial charge in [-0.05, 0) is 13.8 Å². The van der Waals surface area contributed by atoms with Gasteiger partial charge in [0.2, 0.25) is 0 Å². The van der Waals surface area contributed by atoms with Gasteiger partial charge in [0.15, 0.2) is 0 Å². The Morgan fingerprint density at radius 1 is 1.62 bits per heavy atom. The molecule has 2 N–H and O–H groups in total. The fourth-order valence-electron chi connectivity index (χ4n) is 0.606. The maximum Gasteiger partial charge on any atom is 0.0301 e. The van der Waals surface area contributed by atoms with E-state index in [1.54, 1.807) is 0 Å². The lowest BCUT2D eigenvalue weighted by molar-refractivity contribution is 0.520. The predicted octanol–water partition coefficient (Wildman–Crippen LogP) is 0.591. The highest BCUT2D eigenvalue weighted by Crippen LogP contribution is 1.98. The van der Waals surface area contributed by atoms with E-state index in [4.69, 9.17) is 0 Å². The zero-order chi connectivity index (χ0) is 5.98. The fourth-order valence-corrected chi connectivity index (χ4v) is 0.606. The van der Waals surface area contributed by atoms with Crippen molar-refractivity contribution in [3.63, 3.8) is 0 Å². The molecule has 1 rings (SSSR count). The molecule has 1 radical (unpaired) electrons. The van der Waals surface area contributed by atoms with Gasteiger partial charge in [0, 0.05) is 18.2 Å². The van der Waals surface area contributed by atoms with Crippen LogP contribution in [-0.4, -0.2) is 6.04 Å². The lowest BCUT2D eigenvalue weighted by Gasteiger charge is -2.19. The van der Waals surface area contributed by atoms with Crippen LogP contribution in [0.5, 0.6) is 0 Å². The highest BCUT2D eigenvalue weighted by Gasteiger charge is 2.02. The Balaban J connectivity index is 2.42. The average molecular weight is 111 g/mol. The van der Waals surface area contributed by atoms with Crippen LogP contribution in [-0.2, 0) is 0 Å². The van der Waals surface area contributed by atoms with Crippen molar-refractivity contribution in [2.24, 2.45) is 0 Å². The van der Waals surface area contributed by atoms with Gasteiger partial charge in [-0.25, -0.2) is 5.43 Å². The molecule has 1 aliphatic rings. The number of nitrogens with one attached hydrogen (secondary N) is 2. The standard InChI is InChI=1S/C6H11N2/c1-5-3-4-6(2)8-7-5/h3-5,7-8H,1-2H3. The lowest BCUT2D eigenvalue weighted by atomic mass is 10.2. The molecule has 2 heteroatoms. The van der Waals surface area contributed by atoms with E-state index in [1.165, 1.54) is 5.70 Å². The van der Waals surface area contributed by atoms with Crippen molar-refractivity contribution in [2.75, 3.05) is 0 Å². The molecule has 0 aliphatic carbocycles. The minimum Gasteiger partial charge on any atom is -0.326 e. The molecular weight excluding hydrogens is 100 g/mol. The molecule has 1 aliphatic heterocycles. The summed E-state index contributed by atoms with van der Waals surface area (Å²) in [7, 11) is 0. The van der Waals surface area contributed by atoms with Gasteiger partial charge >= 0.3 is 0 Å². The van der Waals surface area contributed by atoms with Gasteiger partial charge in [0.1, 0.15) is 0 Å². The zero-order valence-corrected chi connectivity index (χ0v) is 5.23. The maximum atomic E-state index is 3.06. The lowest BCUT2D eigenvalue weighted by Crippen LogP contribution is -2.40. The van der Waals surface area contributed by atoms with Crippen LogP contribution in [0.2, 0.25) is 0 Å². The van der Waals surface area contributed by atoms with E-state index in [9.17, 15) is 0 Å². The van der Waals surface area contributed by atoms with Crippen molar-refractivity contribution < 1.29 is 0 Å². The Hall–Kier alpha value is -0.500. The minimum atomic E-state index is 0.457. The molecule has 0 aromatic carbocycles. The van der Waals surface area contributed by atoms with Crippen molar-refractivity contribution in [3.8, 4) is 0 Å². The molecule has 1 unspecified atom stereocenters. The van der Waals surface area contributed by atoms with E-state index in [2.05, 4.69) is 30.3 Å². The van der Waals surface area contributed by atoms with E-state index >= 15 is 0 Å². The van der Waals surface area contributed by atoms with Crippen molar-refractivity contribution in [1.29, 1.82) is 0 Å². The maximum absolute atomic E-state index is 3.06. The Bertz CT molecular complexity index is 107. The normalized spacial score (nSPS) is 28.8. The van der Waals surface area contributed by atoms with Crippen LogP contribution in [0.25, 0.3) is 0 Å². The van der Waals surface area contributed by atoms with Gasteiger partial charge in [0.25, 0.3) is 0 Å². The number of hydrogen-bond donors (Lipinski definition) is 2. The summed E-state index contributed by atoms with van der Waals surface area (Å²) in [5.41, 5.74) is 7.24. The van der Waals surface area contributed by atoms with Crippen LogP contribution in [0, 0.1) is 6.42 Å². The molecule has 0 saturated carbocycles. The number of hydrazine groups is 1. The summed E-state index contributed by atoms with van der Waals surface area (Å²) >= 11 is 0. The van der Waals surface area contributed by atoms with E-state index in [-0.39, 0.29) is 0 Å². The van der Waals surface area contributed by atoms with Gasteiger partial charge in [-0.1, -0.05) is 6.08 Å². The van der Waals surface area contributed by atoms with E-state index in [1.807, 2.05) is 6.92 Å². The Morgan fingerprint density at radius 3 is 2.75 bits per heavy atom. The van der Waals surface area contributed by atoms with E-state index < -0.39 is 0 Å².